The lowest BCUT2D eigenvalue weighted by molar-refractivity contribution is 0.0687. The molecule has 6 nitrogen and oxygen atoms in total. The third kappa shape index (κ3) is 3.82. The minimum atomic E-state index is -1.21. The third-order valence-electron chi connectivity index (χ3n) is 3.32. The van der Waals surface area contributed by atoms with Gasteiger partial charge in [-0.1, -0.05) is 28.2 Å². The van der Waals surface area contributed by atoms with Gasteiger partial charge in [0.25, 0.3) is 5.88 Å². The average Bonchev–Trinajstić information content (AvgIpc) is 3.06. The van der Waals surface area contributed by atoms with Gasteiger partial charge in [-0.05, 0) is 48.9 Å². The molecular weight excluding hydrogens is 325 g/mol. The number of halogens is 1. The SMILES string of the molecule is Cc1ccc(C#Cc2ccc(Oc3nn[nH]c3C(=O)O)cc2)cc1F. The summed E-state index contributed by atoms with van der Waals surface area (Å²) in [7, 11) is 0. The molecule has 1 heterocycles. The normalized spacial score (nSPS) is 10.0. The van der Waals surface area contributed by atoms with Crippen molar-refractivity contribution in [1.82, 2.24) is 15.4 Å². The molecule has 0 aliphatic carbocycles. The number of aromatic carboxylic acids is 1. The molecule has 7 heteroatoms. The highest BCUT2D eigenvalue weighted by Gasteiger charge is 2.16. The van der Waals surface area contributed by atoms with Gasteiger partial charge >= 0.3 is 5.97 Å². The lowest BCUT2D eigenvalue weighted by Gasteiger charge is -2.02. The molecule has 0 saturated heterocycles. The summed E-state index contributed by atoms with van der Waals surface area (Å²) in [5.74, 6) is 4.56. The summed E-state index contributed by atoms with van der Waals surface area (Å²) in [5, 5.41) is 18.2. The van der Waals surface area contributed by atoms with Gasteiger partial charge in [-0.2, -0.15) is 0 Å². The van der Waals surface area contributed by atoms with E-state index < -0.39 is 5.97 Å². The number of nitrogens with one attached hydrogen (secondary N) is 1. The zero-order valence-corrected chi connectivity index (χ0v) is 13.1. The number of carboxylic acids is 1. The van der Waals surface area contributed by atoms with Gasteiger partial charge in [0, 0.05) is 11.1 Å². The number of aromatic amines is 1. The number of nitrogens with zero attached hydrogens (tertiary/aromatic N) is 2. The fourth-order valence-electron chi connectivity index (χ4n) is 1.96. The molecule has 0 saturated carbocycles. The number of aryl methyl sites for hydroxylation is 1. The molecule has 0 unspecified atom stereocenters. The molecule has 0 radical (unpaired) electrons. The molecule has 124 valence electrons. The number of carboxylic acid groups (broad SMARTS) is 1. The monoisotopic (exact) mass is 337 g/mol. The molecular formula is C18H12FN3O3. The van der Waals surface area contributed by atoms with Crippen molar-refractivity contribution in [2.75, 3.05) is 0 Å². The van der Waals surface area contributed by atoms with Crippen molar-refractivity contribution >= 4 is 5.97 Å². The average molecular weight is 337 g/mol. The van der Waals surface area contributed by atoms with Crippen LogP contribution in [-0.2, 0) is 0 Å². The molecule has 2 N–H and O–H groups in total. The van der Waals surface area contributed by atoms with Crippen molar-refractivity contribution in [3.8, 4) is 23.5 Å². The lowest BCUT2D eigenvalue weighted by atomic mass is 10.1. The number of hydrogen-bond acceptors (Lipinski definition) is 4. The van der Waals surface area contributed by atoms with Crippen LogP contribution in [0.4, 0.5) is 4.39 Å². The Balaban J connectivity index is 1.74. The van der Waals surface area contributed by atoms with Crippen molar-refractivity contribution in [3.05, 3.63) is 70.7 Å². The minimum Gasteiger partial charge on any atom is -0.476 e. The molecule has 3 rings (SSSR count). The van der Waals surface area contributed by atoms with E-state index in [1.165, 1.54) is 6.07 Å². The first-order valence-corrected chi connectivity index (χ1v) is 7.23. The molecule has 0 aliphatic heterocycles. The van der Waals surface area contributed by atoms with Gasteiger partial charge in [-0.15, -0.1) is 0 Å². The Morgan fingerprint density at radius 2 is 1.84 bits per heavy atom. The second-order valence-electron chi connectivity index (χ2n) is 5.14. The van der Waals surface area contributed by atoms with Crippen LogP contribution in [0.5, 0.6) is 11.6 Å². The lowest BCUT2D eigenvalue weighted by Crippen LogP contribution is -1.99. The highest BCUT2D eigenvalue weighted by Crippen LogP contribution is 2.21. The van der Waals surface area contributed by atoms with Crippen LogP contribution in [-0.4, -0.2) is 26.5 Å². The van der Waals surface area contributed by atoms with Gasteiger partial charge in [-0.3, -0.25) is 0 Å². The summed E-state index contributed by atoms with van der Waals surface area (Å²) < 4.78 is 18.9. The van der Waals surface area contributed by atoms with E-state index in [2.05, 4.69) is 27.3 Å². The maximum absolute atomic E-state index is 13.5. The summed E-state index contributed by atoms with van der Waals surface area (Å²) in [4.78, 5) is 11.0. The highest BCUT2D eigenvalue weighted by molar-refractivity contribution is 5.87. The first-order valence-electron chi connectivity index (χ1n) is 7.23. The molecule has 2 aromatic carbocycles. The smallest absolute Gasteiger partial charge is 0.359 e. The number of carbonyl (C=O) groups is 1. The summed E-state index contributed by atoms with van der Waals surface area (Å²) in [6.45, 7) is 1.69. The Labute approximate surface area is 142 Å². The highest BCUT2D eigenvalue weighted by atomic mass is 19.1. The van der Waals surface area contributed by atoms with E-state index in [4.69, 9.17) is 9.84 Å². The third-order valence-corrected chi connectivity index (χ3v) is 3.32. The molecule has 3 aromatic rings. The van der Waals surface area contributed by atoms with Gasteiger partial charge < -0.3 is 9.84 Å². The largest absolute Gasteiger partial charge is 0.476 e. The topological polar surface area (TPSA) is 88.1 Å². The van der Waals surface area contributed by atoms with E-state index in [9.17, 15) is 9.18 Å². The number of benzene rings is 2. The van der Waals surface area contributed by atoms with E-state index in [0.717, 1.165) is 0 Å². The zero-order chi connectivity index (χ0) is 17.8. The number of hydrogen-bond donors (Lipinski definition) is 2. The first kappa shape index (κ1) is 16.2. The summed E-state index contributed by atoms with van der Waals surface area (Å²) in [5.41, 5.74) is 1.62. The van der Waals surface area contributed by atoms with Crippen LogP contribution in [0.1, 0.15) is 27.2 Å². The van der Waals surface area contributed by atoms with E-state index >= 15 is 0 Å². The van der Waals surface area contributed by atoms with Gasteiger partial charge in [0.2, 0.25) is 5.69 Å². The second-order valence-corrected chi connectivity index (χ2v) is 5.14. The van der Waals surface area contributed by atoms with Gasteiger partial charge in [0.05, 0.1) is 0 Å². The van der Waals surface area contributed by atoms with Crippen LogP contribution in [0.25, 0.3) is 0 Å². The first-order chi connectivity index (χ1) is 12.0. The van der Waals surface area contributed by atoms with Crippen LogP contribution in [0.2, 0.25) is 0 Å². The summed E-state index contributed by atoms with van der Waals surface area (Å²) in [6, 6.07) is 11.5. The van der Waals surface area contributed by atoms with Gasteiger partial charge in [-0.25, -0.2) is 14.3 Å². The fraction of sp³-hybridized carbons (Fsp3) is 0.0556. The molecule has 0 fully saturated rings. The molecule has 25 heavy (non-hydrogen) atoms. The van der Waals surface area contributed by atoms with Crippen LogP contribution in [0.3, 0.4) is 0 Å². The van der Waals surface area contributed by atoms with Crippen molar-refractivity contribution in [2.45, 2.75) is 6.92 Å². The van der Waals surface area contributed by atoms with E-state index in [1.54, 1.807) is 43.3 Å². The summed E-state index contributed by atoms with van der Waals surface area (Å²) in [6.07, 6.45) is 0. The van der Waals surface area contributed by atoms with Crippen LogP contribution >= 0.6 is 0 Å². The predicted octanol–water partition coefficient (Wildman–Crippen LogP) is 3.14. The molecule has 0 spiro atoms. The maximum Gasteiger partial charge on any atom is 0.359 e. The van der Waals surface area contributed by atoms with Crippen molar-refractivity contribution in [3.63, 3.8) is 0 Å². The minimum absolute atomic E-state index is 0.124. The predicted molar refractivity (Wildman–Crippen MR) is 87.0 cm³/mol. The maximum atomic E-state index is 13.5. The van der Waals surface area contributed by atoms with Crippen molar-refractivity contribution in [2.24, 2.45) is 0 Å². The van der Waals surface area contributed by atoms with Crippen LogP contribution in [0, 0.1) is 24.6 Å². The molecule has 0 aliphatic rings. The van der Waals surface area contributed by atoms with E-state index in [0.29, 0.717) is 22.4 Å². The van der Waals surface area contributed by atoms with Crippen LogP contribution in [0.15, 0.2) is 42.5 Å². The molecule has 1 aromatic heterocycles. The van der Waals surface area contributed by atoms with E-state index in [-0.39, 0.29) is 17.4 Å². The van der Waals surface area contributed by atoms with Crippen molar-refractivity contribution < 1.29 is 19.0 Å². The number of rotatable bonds is 3. The van der Waals surface area contributed by atoms with E-state index in [1.807, 2.05) is 0 Å². The quantitative estimate of drug-likeness (QED) is 0.717. The number of H-pyrrole nitrogens is 1. The van der Waals surface area contributed by atoms with Gasteiger partial charge in [0.15, 0.2) is 0 Å². The van der Waals surface area contributed by atoms with Crippen molar-refractivity contribution in [1.29, 1.82) is 0 Å². The van der Waals surface area contributed by atoms with Crippen LogP contribution < -0.4 is 4.74 Å². The Kier molecular flexibility index (Phi) is 4.44. The van der Waals surface area contributed by atoms with Gasteiger partial charge in [0.1, 0.15) is 11.6 Å². The fourth-order valence-corrected chi connectivity index (χ4v) is 1.96. The Morgan fingerprint density at radius 3 is 2.52 bits per heavy atom. The number of ether oxygens (including phenoxy) is 1. The Hall–Kier alpha value is -3.66. The zero-order valence-electron chi connectivity index (χ0n) is 13.1. The number of aromatic nitrogens is 3. The Morgan fingerprint density at radius 1 is 1.16 bits per heavy atom. The second kappa shape index (κ2) is 6.84. The molecule has 0 bridgehead atoms. The molecule has 0 amide bonds. The molecule has 0 atom stereocenters. The Bertz CT molecular complexity index is 985. The summed E-state index contributed by atoms with van der Waals surface area (Å²) >= 11 is 0. The standard InChI is InChI=1S/C18H12FN3O3/c1-11-2-3-13(10-15(11)19)5-4-12-6-8-14(9-7-12)25-17-16(18(23)24)20-22-21-17/h2-3,6-10H,1H3,(H,23,24)(H,20,21,22).